The molecule has 0 saturated carbocycles. The average Bonchev–Trinajstić information content (AvgIpc) is 2.94. The van der Waals surface area contributed by atoms with Crippen LogP contribution in [0.2, 0.25) is 0 Å². The number of hydrogen-bond donors (Lipinski definition) is 0. The molecule has 0 saturated heterocycles. The van der Waals surface area contributed by atoms with Gasteiger partial charge in [0.15, 0.2) is 11.5 Å². The molecule has 0 fully saturated rings. The Morgan fingerprint density at radius 1 is 1.14 bits per heavy atom. The molecule has 2 atom stereocenters. The molecule has 0 unspecified atom stereocenters. The Bertz CT molecular complexity index is 511. The third-order valence-corrected chi connectivity index (χ3v) is 4.47. The molecule has 2 rings (SSSR count). The first-order valence-corrected chi connectivity index (χ1v) is 7.61. The van der Waals surface area contributed by atoms with Crippen LogP contribution in [0.3, 0.4) is 0 Å². The molecular formula is C17H25NO4. The molecule has 0 aliphatic carbocycles. The zero-order valence-corrected chi connectivity index (χ0v) is 14.0. The molecule has 1 aromatic rings. The van der Waals surface area contributed by atoms with Crippen molar-refractivity contribution in [1.82, 2.24) is 4.90 Å². The van der Waals surface area contributed by atoms with E-state index in [1.165, 1.54) is 18.2 Å². The summed E-state index contributed by atoms with van der Waals surface area (Å²) in [6.07, 6.45) is 0.930. The summed E-state index contributed by atoms with van der Waals surface area (Å²) in [5.41, 5.74) is 2.35. The minimum atomic E-state index is -0.223. The predicted octanol–water partition coefficient (Wildman–Crippen LogP) is 2.61. The molecule has 0 aromatic heterocycles. The number of ether oxygens (including phenoxy) is 3. The Labute approximate surface area is 132 Å². The second-order valence-corrected chi connectivity index (χ2v) is 5.73. The summed E-state index contributed by atoms with van der Waals surface area (Å²) in [7, 11) is 4.72. The van der Waals surface area contributed by atoms with Gasteiger partial charge in [-0.05, 0) is 29.2 Å². The van der Waals surface area contributed by atoms with Gasteiger partial charge in [-0.3, -0.25) is 9.69 Å². The molecule has 5 heteroatoms. The summed E-state index contributed by atoms with van der Waals surface area (Å²) in [5, 5.41) is 0. The van der Waals surface area contributed by atoms with Gasteiger partial charge in [0.25, 0.3) is 0 Å². The molecule has 5 nitrogen and oxygen atoms in total. The van der Waals surface area contributed by atoms with E-state index in [0.29, 0.717) is 0 Å². The van der Waals surface area contributed by atoms with E-state index >= 15 is 0 Å². The number of rotatable bonds is 6. The zero-order valence-electron chi connectivity index (χ0n) is 14.0. The first-order valence-electron chi connectivity index (χ1n) is 7.61. The largest absolute Gasteiger partial charge is 0.493 e. The van der Waals surface area contributed by atoms with Gasteiger partial charge in [-0.25, -0.2) is 0 Å². The molecule has 1 heterocycles. The number of nitrogens with zero attached hydrogens (tertiary/aromatic N) is 1. The van der Waals surface area contributed by atoms with Gasteiger partial charge in [-0.15, -0.1) is 0 Å². The van der Waals surface area contributed by atoms with Crippen molar-refractivity contribution in [3.8, 4) is 11.5 Å². The van der Waals surface area contributed by atoms with Crippen LogP contribution in [0.1, 0.15) is 31.4 Å². The molecule has 0 N–H and O–H groups in total. The van der Waals surface area contributed by atoms with E-state index in [9.17, 15) is 4.79 Å². The SMILES string of the molecule is CC[C@H](C)[C@@H](C(=O)OC)N1Cc2cc(OC)c(OC)cc2C1. The van der Waals surface area contributed by atoms with Gasteiger partial charge in [0.05, 0.1) is 21.3 Å². The summed E-state index contributed by atoms with van der Waals surface area (Å²) in [5.74, 6) is 1.52. The Morgan fingerprint density at radius 2 is 1.64 bits per heavy atom. The second-order valence-electron chi connectivity index (χ2n) is 5.73. The summed E-state index contributed by atoms with van der Waals surface area (Å²) >= 11 is 0. The molecular weight excluding hydrogens is 282 g/mol. The van der Waals surface area contributed by atoms with Gasteiger partial charge < -0.3 is 14.2 Å². The van der Waals surface area contributed by atoms with Gasteiger partial charge in [-0.2, -0.15) is 0 Å². The molecule has 1 aliphatic heterocycles. The third kappa shape index (κ3) is 3.04. The molecule has 1 aliphatic rings. The number of benzene rings is 1. The second kappa shape index (κ2) is 7.01. The number of carbonyl (C=O) groups is 1. The van der Waals surface area contributed by atoms with Gasteiger partial charge in [0.1, 0.15) is 6.04 Å². The van der Waals surface area contributed by atoms with Crippen LogP contribution in [-0.2, 0) is 22.6 Å². The smallest absolute Gasteiger partial charge is 0.323 e. The molecule has 0 radical (unpaired) electrons. The van der Waals surface area contributed by atoms with E-state index in [2.05, 4.69) is 18.7 Å². The third-order valence-electron chi connectivity index (χ3n) is 4.47. The molecule has 0 spiro atoms. The first kappa shape index (κ1) is 16.6. The standard InChI is InChI=1S/C17H25NO4/c1-6-11(2)16(17(19)22-5)18-9-12-7-14(20-3)15(21-4)8-13(12)10-18/h7-8,11,16H,6,9-10H2,1-5H3/t11-,16-/m0/s1. The van der Waals surface area contributed by atoms with Crippen molar-refractivity contribution in [2.24, 2.45) is 5.92 Å². The van der Waals surface area contributed by atoms with Crippen LogP contribution in [0.5, 0.6) is 11.5 Å². The van der Waals surface area contributed by atoms with Crippen molar-refractivity contribution in [2.45, 2.75) is 39.4 Å². The fourth-order valence-corrected chi connectivity index (χ4v) is 3.03. The van der Waals surface area contributed by atoms with E-state index in [4.69, 9.17) is 14.2 Å². The number of fused-ring (bicyclic) bond motifs is 1. The summed E-state index contributed by atoms with van der Waals surface area (Å²) in [6, 6.07) is 3.78. The van der Waals surface area contributed by atoms with Crippen LogP contribution in [0.15, 0.2) is 12.1 Å². The van der Waals surface area contributed by atoms with Crippen molar-refractivity contribution >= 4 is 5.97 Å². The highest BCUT2D eigenvalue weighted by atomic mass is 16.5. The van der Waals surface area contributed by atoms with Crippen LogP contribution in [-0.4, -0.2) is 38.2 Å². The lowest BCUT2D eigenvalue weighted by Crippen LogP contribution is -2.43. The normalized spacial score (nSPS) is 16.8. The van der Waals surface area contributed by atoms with E-state index in [0.717, 1.165) is 31.0 Å². The van der Waals surface area contributed by atoms with Crippen LogP contribution >= 0.6 is 0 Å². The lowest BCUT2D eigenvalue weighted by Gasteiger charge is -2.29. The summed E-state index contributed by atoms with van der Waals surface area (Å²) < 4.78 is 15.7. The maximum atomic E-state index is 12.2. The first-order chi connectivity index (χ1) is 10.5. The van der Waals surface area contributed by atoms with Gasteiger partial charge in [0.2, 0.25) is 0 Å². The molecule has 122 valence electrons. The Hall–Kier alpha value is -1.75. The Balaban J connectivity index is 2.28. The van der Waals surface area contributed by atoms with Gasteiger partial charge in [0, 0.05) is 13.1 Å². The Kier molecular flexibility index (Phi) is 5.29. The predicted molar refractivity (Wildman–Crippen MR) is 84.1 cm³/mol. The quantitative estimate of drug-likeness (QED) is 0.756. The van der Waals surface area contributed by atoms with Crippen LogP contribution < -0.4 is 9.47 Å². The lowest BCUT2D eigenvalue weighted by atomic mass is 9.98. The van der Waals surface area contributed by atoms with Crippen molar-refractivity contribution in [1.29, 1.82) is 0 Å². The van der Waals surface area contributed by atoms with Gasteiger partial charge >= 0.3 is 5.97 Å². The molecule has 0 amide bonds. The Morgan fingerprint density at radius 3 is 2.00 bits per heavy atom. The maximum absolute atomic E-state index is 12.2. The van der Waals surface area contributed by atoms with Crippen molar-refractivity contribution in [3.05, 3.63) is 23.3 Å². The van der Waals surface area contributed by atoms with Gasteiger partial charge in [-0.1, -0.05) is 20.3 Å². The number of esters is 1. The highest BCUT2D eigenvalue weighted by Crippen LogP contribution is 2.36. The fraction of sp³-hybridized carbons (Fsp3) is 0.588. The highest BCUT2D eigenvalue weighted by molar-refractivity contribution is 5.76. The summed E-state index contributed by atoms with van der Waals surface area (Å²) in [6.45, 7) is 5.63. The van der Waals surface area contributed by atoms with E-state index in [1.54, 1.807) is 14.2 Å². The molecule has 22 heavy (non-hydrogen) atoms. The van der Waals surface area contributed by atoms with Crippen LogP contribution in [0.25, 0.3) is 0 Å². The minimum absolute atomic E-state index is 0.166. The van der Waals surface area contributed by atoms with Crippen LogP contribution in [0, 0.1) is 5.92 Å². The van der Waals surface area contributed by atoms with Crippen molar-refractivity contribution < 1.29 is 19.0 Å². The number of methoxy groups -OCH3 is 3. The van der Waals surface area contributed by atoms with Crippen molar-refractivity contribution in [2.75, 3.05) is 21.3 Å². The highest BCUT2D eigenvalue weighted by Gasteiger charge is 2.35. The topological polar surface area (TPSA) is 48.0 Å². The number of carbonyl (C=O) groups excluding carboxylic acids is 1. The molecule has 1 aromatic carbocycles. The lowest BCUT2D eigenvalue weighted by molar-refractivity contribution is -0.149. The number of hydrogen-bond acceptors (Lipinski definition) is 5. The van der Waals surface area contributed by atoms with E-state index in [-0.39, 0.29) is 17.9 Å². The van der Waals surface area contributed by atoms with Crippen LogP contribution in [0.4, 0.5) is 0 Å². The fourth-order valence-electron chi connectivity index (χ4n) is 3.03. The monoisotopic (exact) mass is 307 g/mol. The van der Waals surface area contributed by atoms with E-state index < -0.39 is 0 Å². The maximum Gasteiger partial charge on any atom is 0.323 e. The minimum Gasteiger partial charge on any atom is -0.493 e. The summed E-state index contributed by atoms with van der Waals surface area (Å²) in [4.78, 5) is 14.4. The zero-order chi connectivity index (χ0) is 16.3. The average molecular weight is 307 g/mol. The van der Waals surface area contributed by atoms with Crippen molar-refractivity contribution in [3.63, 3.8) is 0 Å². The molecule has 0 bridgehead atoms. The van der Waals surface area contributed by atoms with E-state index in [1.807, 2.05) is 12.1 Å².